The van der Waals surface area contributed by atoms with Crippen LogP contribution in [-0.2, 0) is 11.8 Å². The summed E-state index contributed by atoms with van der Waals surface area (Å²) in [6.45, 7) is 8.82. The number of anilines is 3. The Labute approximate surface area is 235 Å². The number of nitrogens with zero attached hydrogens (tertiary/aromatic N) is 2. The quantitative estimate of drug-likeness (QED) is 0.244. The molecular weight excluding hydrogens is 502 g/mol. The number of amides is 1. The summed E-state index contributed by atoms with van der Waals surface area (Å²) in [7, 11) is 1.71. The standard InChI is InChI=1S/C33H35N3O4/c1-6-40-33(39)25-15-17-27(18-16-25)34-29-19-26(21-35(5)32(29)38)28-13-10-14-30(23(28)4)36(20-22(2)3)31(37)24-11-8-7-9-12-24/h7-19,21-22,34H,6,20H2,1-5H3. The van der Waals surface area contributed by atoms with Gasteiger partial charge < -0.3 is 19.5 Å². The van der Waals surface area contributed by atoms with Gasteiger partial charge in [0.25, 0.3) is 11.5 Å². The van der Waals surface area contributed by atoms with E-state index in [0.29, 0.717) is 35.7 Å². The molecule has 40 heavy (non-hydrogen) atoms. The molecule has 0 saturated heterocycles. The molecule has 4 aromatic rings. The molecule has 206 valence electrons. The molecule has 7 nitrogen and oxygen atoms in total. The molecule has 1 aromatic heterocycles. The van der Waals surface area contributed by atoms with Crippen LogP contribution in [0.5, 0.6) is 0 Å². The molecule has 0 fully saturated rings. The molecule has 1 heterocycles. The van der Waals surface area contributed by atoms with Crippen molar-refractivity contribution < 1.29 is 14.3 Å². The van der Waals surface area contributed by atoms with Crippen LogP contribution in [-0.4, -0.2) is 29.6 Å². The molecule has 0 aliphatic heterocycles. The summed E-state index contributed by atoms with van der Waals surface area (Å²) in [6, 6.07) is 23.8. The van der Waals surface area contributed by atoms with Gasteiger partial charge in [-0.2, -0.15) is 0 Å². The zero-order valence-electron chi connectivity index (χ0n) is 23.6. The van der Waals surface area contributed by atoms with Crippen molar-refractivity contribution in [1.29, 1.82) is 0 Å². The first kappa shape index (κ1) is 28.4. The highest BCUT2D eigenvalue weighted by Gasteiger charge is 2.22. The summed E-state index contributed by atoms with van der Waals surface area (Å²) in [4.78, 5) is 40.4. The lowest BCUT2D eigenvalue weighted by atomic mass is 9.98. The Hall–Kier alpha value is -4.65. The van der Waals surface area contributed by atoms with E-state index in [9.17, 15) is 14.4 Å². The van der Waals surface area contributed by atoms with Crippen LogP contribution in [0.1, 0.15) is 47.1 Å². The largest absolute Gasteiger partial charge is 0.462 e. The minimum atomic E-state index is -0.389. The summed E-state index contributed by atoms with van der Waals surface area (Å²) in [6.07, 6.45) is 1.80. The molecule has 0 unspecified atom stereocenters. The summed E-state index contributed by atoms with van der Waals surface area (Å²) >= 11 is 0. The second kappa shape index (κ2) is 12.5. The van der Waals surface area contributed by atoms with Gasteiger partial charge in [-0.1, -0.05) is 44.2 Å². The monoisotopic (exact) mass is 537 g/mol. The molecule has 0 bridgehead atoms. The van der Waals surface area contributed by atoms with Crippen LogP contribution in [0.4, 0.5) is 17.1 Å². The van der Waals surface area contributed by atoms with E-state index in [1.54, 1.807) is 44.4 Å². The van der Waals surface area contributed by atoms with Gasteiger partial charge in [0, 0.05) is 42.3 Å². The number of carbonyl (C=O) groups is 2. The van der Waals surface area contributed by atoms with Gasteiger partial charge in [-0.25, -0.2) is 4.79 Å². The normalized spacial score (nSPS) is 10.8. The summed E-state index contributed by atoms with van der Waals surface area (Å²) in [5.41, 5.74) is 5.49. The van der Waals surface area contributed by atoms with Crippen molar-refractivity contribution in [3.63, 3.8) is 0 Å². The fourth-order valence-corrected chi connectivity index (χ4v) is 4.63. The van der Waals surface area contributed by atoms with E-state index >= 15 is 0 Å². The Morgan fingerprint density at radius 3 is 2.30 bits per heavy atom. The van der Waals surface area contributed by atoms with Crippen molar-refractivity contribution in [3.8, 4) is 11.1 Å². The molecule has 4 rings (SSSR count). The summed E-state index contributed by atoms with van der Waals surface area (Å²) < 4.78 is 6.59. The van der Waals surface area contributed by atoms with E-state index in [0.717, 1.165) is 22.4 Å². The number of aryl methyl sites for hydroxylation is 1. The molecule has 0 aliphatic carbocycles. The number of nitrogens with one attached hydrogen (secondary N) is 1. The van der Waals surface area contributed by atoms with Crippen LogP contribution in [0.15, 0.2) is 89.9 Å². The minimum Gasteiger partial charge on any atom is -0.462 e. The van der Waals surface area contributed by atoms with E-state index in [1.807, 2.05) is 66.4 Å². The van der Waals surface area contributed by atoms with Crippen molar-refractivity contribution in [2.24, 2.45) is 13.0 Å². The van der Waals surface area contributed by atoms with Gasteiger partial charge in [-0.3, -0.25) is 9.59 Å². The molecule has 3 aromatic carbocycles. The molecule has 1 N–H and O–H groups in total. The number of aromatic nitrogens is 1. The summed E-state index contributed by atoms with van der Waals surface area (Å²) in [5.74, 6) is -0.178. The van der Waals surface area contributed by atoms with Crippen molar-refractivity contribution in [2.45, 2.75) is 27.7 Å². The number of pyridine rings is 1. The van der Waals surface area contributed by atoms with Gasteiger partial charge in [0.05, 0.1) is 12.2 Å². The first-order valence-corrected chi connectivity index (χ1v) is 13.4. The average molecular weight is 538 g/mol. The Bertz CT molecular complexity index is 1560. The molecule has 0 spiro atoms. The Morgan fingerprint density at radius 2 is 1.65 bits per heavy atom. The highest BCUT2D eigenvalue weighted by Crippen LogP contribution is 2.33. The molecule has 7 heteroatoms. The van der Waals surface area contributed by atoms with Crippen molar-refractivity contribution in [3.05, 3.63) is 112 Å². The second-order valence-corrected chi connectivity index (χ2v) is 10.1. The topological polar surface area (TPSA) is 80.6 Å². The smallest absolute Gasteiger partial charge is 0.338 e. The maximum Gasteiger partial charge on any atom is 0.338 e. The van der Waals surface area contributed by atoms with Crippen LogP contribution in [0.3, 0.4) is 0 Å². The van der Waals surface area contributed by atoms with Gasteiger partial charge in [0.15, 0.2) is 0 Å². The molecular formula is C33H35N3O4. The van der Waals surface area contributed by atoms with Crippen molar-refractivity contribution >= 4 is 28.9 Å². The highest BCUT2D eigenvalue weighted by atomic mass is 16.5. The molecule has 0 radical (unpaired) electrons. The minimum absolute atomic E-state index is 0.0522. The Morgan fingerprint density at radius 1 is 0.950 bits per heavy atom. The van der Waals surface area contributed by atoms with Crippen LogP contribution in [0.2, 0.25) is 0 Å². The predicted octanol–water partition coefficient (Wildman–Crippen LogP) is 6.58. The van der Waals surface area contributed by atoms with Crippen molar-refractivity contribution in [1.82, 2.24) is 4.57 Å². The highest BCUT2D eigenvalue weighted by molar-refractivity contribution is 6.07. The maximum atomic E-state index is 13.6. The van der Waals surface area contributed by atoms with Gasteiger partial charge in [0.1, 0.15) is 5.69 Å². The second-order valence-electron chi connectivity index (χ2n) is 10.1. The van der Waals surface area contributed by atoms with Gasteiger partial charge in [-0.15, -0.1) is 0 Å². The lowest BCUT2D eigenvalue weighted by Gasteiger charge is -2.27. The lowest BCUT2D eigenvalue weighted by molar-refractivity contribution is 0.0526. The molecule has 1 amide bonds. The number of carbonyl (C=O) groups excluding carboxylic acids is 2. The number of benzene rings is 3. The fraction of sp³-hybridized carbons (Fsp3) is 0.242. The number of esters is 1. The van der Waals surface area contributed by atoms with Crippen LogP contribution >= 0.6 is 0 Å². The third-order valence-electron chi connectivity index (χ3n) is 6.58. The van der Waals surface area contributed by atoms with Gasteiger partial charge in [-0.05, 0) is 79.4 Å². The zero-order chi connectivity index (χ0) is 28.8. The zero-order valence-corrected chi connectivity index (χ0v) is 23.6. The first-order valence-electron chi connectivity index (χ1n) is 13.4. The van der Waals surface area contributed by atoms with Crippen LogP contribution in [0, 0.1) is 12.8 Å². The summed E-state index contributed by atoms with van der Waals surface area (Å²) in [5, 5.41) is 3.19. The molecule has 0 aliphatic rings. The van der Waals surface area contributed by atoms with Crippen LogP contribution in [0.25, 0.3) is 11.1 Å². The number of hydrogen-bond acceptors (Lipinski definition) is 5. The Balaban J connectivity index is 1.71. The number of ether oxygens (including phenoxy) is 1. The first-order chi connectivity index (χ1) is 19.2. The number of rotatable bonds is 9. The van der Waals surface area contributed by atoms with E-state index in [4.69, 9.17) is 4.74 Å². The SMILES string of the molecule is CCOC(=O)c1ccc(Nc2cc(-c3cccc(N(CC(C)C)C(=O)c4ccccc4)c3C)cn(C)c2=O)cc1. The fourth-order valence-electron chi connectivity index (χ4n) is 4.63. The van der Waals surface area contributed by atoms with E-state index < -0.39 is 0 Å². The van der Waals surface area contributed by atoms with E-state index in [2.05, 4.69) is 19.2 Å². The van der Waals surface area contributed by atoms with Gasteiger partial charge in [0.2, 0.25) is 0 Å². The maximum absolute atomic E-state index is 13.6. The third kappa shape index (κ3) is 6.31. The predicted molar refractivity (Wildman–Crippen MR) is 160 cm³/mol. The third-order valence-corrected chi connectivity index (χ3v) is 6.58. The number of hydrogen-bond donors (Lipinski definition) is 1. The lowest BCUT2D eigenvalue weighted by Crippen LogP contribution is -2.34. The van der Waals surface area contributed by atoms with E-state index in [-0.39, 0.29) is 23.4 Å². The van der Waals surface area contributed by atoms with E-state index in [1.165, 1.54) is 4.57 Å². The molecule has 0 saturated carbocycles. The van der Waals surface area contributed by atoms with Crippen LogP contribution < -0.4 is 15.8 Å². The average Bonchev–Trinajstić information content (AvgIpc) is 2.95. The van der Waals surface area contributed by atoms with Gasteiger partial charge >= 0.3 is 5.97 Å². The van der Waals surface area contributed by atoms with Crippen molar-refractivity contribution in [2.75, 3.05) is 23.4 Å². The molecule has 0 atom stereocenters. The Kier molecular flexibility index (Phi) is 8.84.